The molecule has 0 radical (unpaired) electrons. The van der Waals surface area contributed by atoms with Crippen LogP contribution in [0.15, 0.2) is 24.3 Å². The van der Waals surface area contributed by atoms with E-state index in [4.69, 9.17) is 5.73 Å². The number of likely N-dealkylation sites (tertiary alicyclic amines) is 1. The van der Waals surface area contributed by atoms with Gasteiger partial charge < -0.3 is 10.6 Å². The first kappa shape index (κ1) is 18.2. The van der Waals surface area contributed by atoms with Gasteiger partial charge in [0.2, 0.25) is 5.91 Å². The Morgan fingerprint density at radius 3 is 2.78 bits per heavy atom. The SMILES string of the molecule is CC(C(=O)N1c2ccccc2CC1C)N1CCC(C)(CN)C1.Cl. The molecule has 5 heteroatoms. The number of fused-ring (bicyclic) bond motifs is 1. The van der Waals surface area contributed by atoms with E-state index < -0.39 is 0 Å². The number of anilines is 1. The van der Waals surface area contributed by atoms with Gasteiger partial charge in [0.25, 0.3) is 0 Å². The van der Waals surface area contributed by atoms with Crippen LogP contribution in [0.25, 0.3) is 0 Å². The summed E-state index contributed by atoms with van der Waals surface area (Å²) < 4.78 is 0. The van der Waals surface area contributed by atoms with Gasteiger partial charge in [-0.05, 0) is 56.8 Å². The number of carbonyl (C=O) groups is 1. The summed E-state index contributed by atoms with van der Waals surface area (Å²) in [6, 6.07) is 8.43. The van der Waals surface area contributed by atoms with Crippen molar-refractivity contribution < 1.29 is 4.79 Å². The number of nitrogens with zero attached hydrogens (tertiary/aromatic N) is 2. The molecule has 1 aromatic carbocycles. The summed E-state index contributed by atoms with van der Waals surface area (Å²) in [7, 11) is 0. The number of hydrogen-bond donors (Lipinski definition) is 1. The minimum absolute atomic E-state index is 0. The molecule has 23 heavy (non-hydrogen) atoms. The molecule has 3 unspecified atom stereocenters. The highest BCUT2D eigenvalue weighted by molar-refractivity contribution is 5.99. The highest BCUT2D eigenvalue weighted by Crippen LogP contribution is 2.34. The standard InChI is InChI=1S/C18H27N3O.ClH/c1-13-10-15-6-4-5-7-16(15)21(13)17(22)14(2)20-9-8-18(3,11-19)12-20;/h4-7,13-14H,8-12,19H2,1-3H3;1H. The Morgan fingerprint density at radius 1 is 1.43 bits per heavy atom. The number of hydrogen-bond acceptors (Lipinski definition) is 3. The predicted octanol–water partition coefficient (Wildman–Crippen LogP) is 2.45. The fourth-order valence-electron chi connectivity index (χ4n) is 3.82. The van der Waals surface area contributed by atoms with Gasteiger partial charge in [-0.1, -0.05) is 25.1 Å². The molecule has 0 aromatic heterocycles. The van der Waals surface area contributed by atoms with Crippen molar-refractivity contribution in [3.63, 3.8) is 0 Å². The molecule has 1 saturated heterocycles. The van der Waals surface area contributed by atoms with Crippen molar-refractivity contribution in [1.82, 2.24) is 4.90 Å². The Labute approximate surface area is 145 Å². The van der Waals surface area contributed by atoms with E-state index in [0.717, 1.165) is 31.6 Å². The van der Waals surface area contributed by atoms with Gasteiger partial charge >= 0.3 is 0 Å². The third-order valence-corrected chi connectivity index (χ3v) is 5.43. The van der Waals surface area contributed by atoms with Crippen LogP contribution >= 0.6 is 12.4 Å². The average molecular weight is 338 g/mol. The van der Waals surface area contributed by atoms with E-state index in [-0.39, 0.29) is 35.8 Å². The zero-order valence-electron chi connectivity index (χ0n) is 14.3. The lowest BCUT2D eigenvalue weighted by Crippen LogP contribution is -2.49. The molecule has 2 aliphatic heterocycles. The minimum Gasteiger partial charge on any atom is -0.330 e. The molecular weight excluding hydrogens is 310 g/mol. The minimum atomic E-state index is -0.0815. The summed E-state index contributed by atoms with van der Waals surface area (Å²) in [4.78, 5) is 17.4. The lowest BCUT2D eigenvalue weighted by Gasteiger charge is -2.31. The largest absolute Gasteiger partial charge is 0.330 e. The number of halogens is 1. The van der Waals surface area contributed by atoms with Gasteiger partial charge in [-0.25, -0.2) is 0 Å². The maximum absolute atomic E-state index is 13.1. The number of para-hydroxylation sites is 1. The highest BCUT2D eigenvalue weighted by Gasteiger charge is 2.40. The summed E-state index contributed by atoms with van der Waals surface area (Å²) in [5.74, 6) is 0.221. The third kappa shape index (κ3) is 3.25. The molecule has 1 amide bonds. The van der Waals surface area contributed by atoms with E-state index >= 15 is 0 Å². The summed E-state index contributed by atoms with van der Waals surface area (Å²) in [5, 5.41) is 0. The van der Waals surface area contributed by atoms with Crippen molar-refractivity contribution in [3.8, 4) is 0 Å². The van der Waals surface area contributed by atoms with E-state index in [0.29, 0.717) is 6.54 Å². The number of benzene rings is 1. The fourth-order valence-corrected chi connectivity index (χ4v) is 3.82. The first-order valence-electron chi connectivity index (χ1n) is 8.30. The number of carbonyl (C=O) groups excluding carboxylic acids is 1. The van der Waals surface area contributed by atoms with E-state index in [1.165, 1.54) is 5.56 Å². The van der Waals surface area contributed by atoms with Crippen LogP contribution in [0.4, 0.5) is 5.69 Å². The fraction of sp³-hybridized carbons (Fsp3) is 0.611. The van der Waals surface area contributed by atoms with Gasteiger partial charge in [0.05, 0.1) is 6.04 Å². The lowest BCUT2D eigenvalue weighted by atomic mass is 9.90. The zero-order chi connectivity index (χ0) is 15.9. The molecule has 2 N–H and O–H groups in total. The normalized spacial score (nSPS) is 28.3. The molecule has 2 aliphatic rings. The van der Waals surface area contributed by atoms with Crippen LogP contribution in [-0.2, 0) is 11.2 Å². The van der Waals surface area contributed by atoms with Crippen molar-refractivity contribution >= 4 is 24.0 Å². The van der Waals surface area contributed by atoms with Crippen LogP contribution in [0, 0.1) is 5.41 Å². The quantitative estimate of drug-likeness (QED) is 0.921. The van der Waals surface area contributed by atoms with Crippen LogP contribution in [0.1, 0.15) is 32.8 Å². The predicted molar refractivity (Wildman–Crippen MR) is 97.2 cm³/mol. The number of rotatable bonds is 3. The molecule has 0 bridgehead atoms. The van der Waals surface area contributed by atoms with Gasteiger partial charge in [-0.2, -0.15) is 0 Å². The maximum Gasteiger partial charge on any atom is 0.244 e. The summed E-state index contributed by atoms with van der Waals surface area (Å²) in [6.45, 7) is 8.97. The molecule has 3 rings (SSSR count). The Balaban J connectivity index is 0.00000192. The highest BCUT2D eigenvalue weighted by atomic mass is 35.5. The first-order valence-corrected chi connectivity index (χ1v) is 8.30. The second-order valence-electron chi connectivity index (χ2n) is 7.30. The average Bonchev–Trinajstić information content (AvgIpc) is 3.06. The lowest BCUT2D eigenvalue weighted by molar-refractivity contribution is -0.123. The van der Waals surface area contributed by atoms with Crippen LogP contribution in [0.3, 0.4) is 0 Å². The van der Waals surface area contributed by atoms with Crippen molar-refractivity contribution in [1.29, 1.82) is 0 Å². The third-order valence-electron chi connectivity index (χ3n) is 5.43. The van der Waals surface area contributed by atoms with Gasteiger partial charge in [0, 0.05) is 18.3 Å². The van der Waals surface area contributed by atoms with Gasteiger partial charge in [0.15, 0.2) is 0 Å². The first-order chi connectivity index (χ1) is 10.4. The van der Waals surface area contributed by atoms with Gasteiger partial charge in [-0.3, -0.25) is 9.69 Å². The maximum atomic E-state index is 13.1. The molecule has 128 valence electrons. The van der Waals surface area contributed by atoms with Crippen LogP contribution < -0.4 is 10.6 Å². The van der Waals surface area contributed by atoms with E-state index in [9.17, 15) is 4.79 Å². The van der Waals surface area contributed by atoms with Crippen LogP contribution in [0.2, 0.25) is 0 Å². The second kappa shape index (κ2) is 6.80. The molecule has 4 nitrogen and oxygen atoms in total. The van der Waals surface area contributed by atoms with E-state index in [1.807, 2.05) is 17.9 Å². The second-order valence-corrected chi connectivity index (χ2v) is 7.30. The molecule has 2 heterocycles. The summed E-state index contributed by atoms with van der Waals surface area (Å²) >= 11 is 0. The van der Waals surface area contributed by atoms with Gasteiger partial charge in [-0.15, -0.1) is 12.4 Å². The Kier molecular flexibility index (Phi) is 5.39. The van der Waals surface area contributed by atoms with Crippen molar-refractivity contribution in [2.75, 3.05) is 24.5 Å². The Hall–Kier alpha value is -1.10. The molecule has 0 spiro atoms. The monoisotopic (exact) mass is 337 g/mol. The Bertz CT molecular complexity index is 579. The smallest absolute Gasteiger partial charge is 0.244 e. The molecule has 1 fully saturated rings. The summed E-state index contributed by atoms with van der Waals surface area (Å²) in [5.41, 5.74) is 8.42. The molecule has 1 aromatic rings. The van der Waals surface area contributed by atoms with Crippen LogP contribution in [0.5, 0.6) is 0 Å². The molecular formula is C18H28ClN3O. The van der Waals surface area contributed by atoms with Crippen LogP contribution in [-0.4, -0.2) is 42.5 Å². The van der Waals surface area contributed by atoms with Crippen molar-refractivity contribution in [2.45, 2.75) is 45.7 Å². The van der Waals surface area contributed by atoms with E-state index in [1.54, 1.807) is 0 Å². The molecule has 0 aliphatic carbocycles. The van der Waals surface area contributed by atoms with Crippen molar-refractivity contribution in [3.05, 3.63) is 29.8 Å². The number of amides is 1. The summed E-state index contributed by atoms with van der Waals surface area (Å²) in [6.07, 6.45) is 2.03. The topological polar surface area (TPSA) is 49.6 Å². The van der Waals surface area contributed by atoms with Gasteiger partial charge in [0.1, 0.15) is 0 Å². The van der Waals surface area contributed by atoms with Crippen molar-refractivity contribution in [2.24, 2.45) is 11.1 Å². The molecule has 0 saturated carbocycles. The van der Waals surface area contributed by atoms with E-state index in [2.05, 4.69) is 36.9 Å². The number of nitrogens with two attached hydrogens (primary N) is 1. The zero-order valence-corrected chi connectivity index (χ0v) is 15.1. The Morgan fingerprint density at radius 2 is 2.13 bits per heavy atom. The molecule has 3 atom stereocenters.